The quantitative estimate of drug-likeness (QED) is 0.224. The molecule has 0 unspecified atom stereocenters. The molecular weight excluding hydrogens is 451 g/mol. The third-order valence-electron chi connectivity index (χ3n) is 4.82. The molecule has 0 radical (unpaired) electrons. The van der Waals surface area contributed by atoms with Gasteiger partial charge in [-0.1, -0.05) is 83.3 Å². The van der Waals surface area contributed by atoms with E-state index in [1.165, 1.54) is 0 Å². The monoisotopic (exact) mass is 468 g/mol. The molecule has 3 nitrogen and oxygen atoms in total. The van der Waals surface area contributed by atoms with Crippen LogP contribution in [0.4, 0.5) is 0 Å². The zero-order valence-electron chi connectivity index (χ0n) is 16.5. The first-order chi connectivity index (χ1) is 15.1. The van der Waals surface area contributed by atoms with Gasteiger partial charge in [0.2, 0.25) is 0 Å². The number of fused-ring (bicyclic) bond motifs is 1. The molecule has 0 saturated heterocycles. The van der Waals surface area contributed by atoms with E-state index >= 15 is 0 Å². The maximum absolute atomic E-state index is 6.23. The smallest absolute Gasteiger partial charge is 0.129 e. The predicted octanol–water partition coefficient (Wildman–Crippen LogP) is 7.50. The van der Waals surface area contributed by atoms with E-state index in [-0.39, 0.29) is 0 Å². The number of hydrogen-bond donors (Lipinski definition) is 1. The van der Waals surface area contributed by atoms with Gasteiger partial charge in [-0.15, -0.1) is 0 Å². The minimum absolute atomic E-state index is 0.405. The molecule has 4 aromatic rings. The molecule has 31 heavy (non-hydrogen) atoms. The van der Waals surface area contributed by atoms with Crippen LogP contribution in [0.2, 0.25) is 15.1 Å². The molecule has 0 aromatic heterocycles. The van der Waals surface area contributed by atoms with E-state index in [2.05, 4.69) is 16.6 Å². The summed E-state index contributed by atoms with van der Waals surface area (Å²) >= 11 is 18.6. The third kappa shape index (κ3) is 5.31. The fraction of sp³-hybridized carbons (Fsp3) is 0.0800. The second kappa shape index (κ2) is 10.1. The fourth-order valence-electron chi connectivity index (χ4n) is 3.26. The standard InChI is InChI=1S/C25H19Cl3N2O/c26-19-7-3-5-17(13-19)16-31-25-12-11-18-6-1-2-8-20(18)21(25)14-29-30-15-22-23(27)9-4-10-24(22)28/h1-14,30H,15-16H2/b29-14-. The average Bonchev–Trinajstić information content (AvgIpc) is 2.77. The minimum Gasteiger partial charge on any atom is -0.488 e. The number of benzene rings is 4. The van der Waals surface area contributed by atoms with E-state index in [1.54, 1.807) is 18.3 Å². The molecule has 0 saturated carbocycles. The highest BCUT2D eigenvalue weighted by molar-refractivity contribution is 6.36. The molecule has 0 fully saturated rings. The predicted molar refractivity (Wildman–Crippen MR) is 131 cm³/mol. The molecule has 156 valence electrons. The Morgan fingerprint density at radius 1 is 0.839 bits per heavy atom. The summed E-state index contributed by atoms with van der Waals surface area (Å²) in [6.45, 7) is 0.820. The first-order valence-corrected chi connectivity index (χ1v) is 10.8. The number of ether oxygens (including phenoxy) is 1. The van der Waals surface area contributed by atoms with Crippen molar-refractivity contribution in [3.05, 3.63) is 111 Å². The van der Waals surface area contributed by atoms with Gasteiger partial charge in [-0.3, -0.25) is 0 Å². The van der Waals surface area contributed by atoms with Crippen molar-refractivity contribution in [3.8, 4) is 5.75 Å². The van der Waals surface area contributed by atoms with Crippen molar-refractivity contribution in [2.45, 2.75) is 13.2 Å². The highest BCUT2D eigenvalue weighted by Gasteiger charge is 2.08. The van der Waals surface area contributed by atoms with Gasteiger partial charge in [0.05, 0.1) is 12.8 Å². The lowest BCUT2D eigenvalue weighted by Gasteiger charge is -2.12. The largest absolute Gasteiger partial charge is 0.488 e. The Hall–Kier alpha value is -2.72. The van der Waals surface area contributed by atoms with E-state index in [1.807, 2.05) is 60.7 Å². The molecule has 0 atom stereocenters. The van der Waals surface area contributed by atoms with E-state index in [0.29, 0.717) is 28.2 Å². The fourth-order valence-corrected chi connectivity index (χ4v) is 4.00. The lowest BCUT2D eigenvalue weighted by Crippen LogP contribution is -2.07. The van der Waals surface area contributed by atoms with Crippen LogP contribution in [0.1, 0.15) is 16.7 Å². The van der Waals surface area contributed by atoms with Crippen LogP contribution in [0, 0.1) is 0 Å². The molecule has 0 aliphatic carbocycles. The van der Waals surface area contributed by atoms with Gasteiger partial charge in [0.1, 0.15) is 12.4 Å². The number of halogens is 3. The molecule has 0 heterocycles. The van der Waals surface area contributed by atoms with E-state index in [4.69, 9.17) is 39.5 Å². The van der Waals surface area contributed by atoms with Gasteiger partial charge >= 0.3 is 0 Å². The normalized spacial score (nSPS) is 11.2. The summed E-state index contributed by atoms with van der Waals surface area (Å²) in [5.74, 6) is 0.736. The summed E-state index contributed by atoms with van der Waals surface area (Å²) in [6.07, 6.45) is 1.76. The van der Waals surface area contributed by atoms with Gasteiger partial charge in [0, 0.05) is 26.2 Å². The highest BCUT2D eigenvalue weighted by Crippen LogP contribution is 2.28. The molecule has 0 amide bonds. The molecule has 0 aliphatic rings. The summed E-state index contributed by atoms with van der Waals surface area (Å²) in [6, 6.07) is 25.2. The first kappa shape index (κ1) is 21.5. The molecule has 0 bridgehead atoms. The summed E-state index contributed by atoms with van der Waals surface area (Å²) in [5.41, 5.74) is 5.72. The number of hydrazone groups is 1. The molecule has 0 aliphatic heterocycles. The number of hydrogen-bond acceptors (Lipinski definition) is 3. The lowest BCUT2D eigenvalue weighted by molar-refractivity contribution is 0.306. The highest BCUT2D eigenvalue weighted by atomic mass is 35.5. The summed E-state index contributed by atoms with van der Waals surface area (Å²) in [7, 11) is 0. The van der Waals surface area contributed by atoms with Crippen molar-refractivity contribution < 1.29 is 4.74 Å². The van der Waals surface area contributed by atoms with Gasteiger partial charge in [0.25, 0.3) is 0 Å². The number of nitrogens with one attached hydrogen (secondary N) is 1. The van der Waals surface area contributed by atoms with Crippen LogP contribution in [-0.2, 0) is 13.2 Å². The van der Waals surface area contributed by atoms with Gasteiger partial charge < -0.3 is 10.2 Å². The van der Waals surface area contributed by atoms with E-state index in [0.717, 1.165) is 33.2 Å². The number of nitrogens with zero attached hydrogens (tertiary/aromatic N) is 1. The van der Waals surface area contributed by atoms with Gasteiger partial charge in [0.15, 0.2) is 0 Å². The minimum atomic E-state index is 0.405. The van der Waals surface area contributed by atoms with Crippen molar-refractivity contribution >= 4 is 51.8 Å². The van der Waals surface area contributed by atoms with Crippen LogP contribution in [0.5, 0.6) is 5.75 Å². The van der Waals surface area contributed by atoms with Crippen LogP contribution >= 0.6 is 34.8 Å². The first-order valence-electron chi connectivity index (χ1n) is 9.69. The Morgan fingerprint density at radius 2 is 1.61 bits per heavy atom. The summed E-state index contributed by atoms with van der Waals surface area (Å²) < 4.78 is 6.12. The van der Waals surface area contributed by atoms with Crippen LogP contribution < -0.4 is 10.2 Å². The second-order valence-electron chi connectivity index (χ2n) is 6.91. The zero-order chi connectivity index (χ0) is 21.6. The maximum atomic E-state index is 6.23. The topological polar surface area (TPSA) is 33.6 Å². The Bertz CT molecular complexity index is 1220. The summed E-state index contributed by atoms with van der Waals surface area (Å²) in [4.78, 5) is 0. The third-order valence-corrected chi connectivity index (χ3v) is 5.76. The SMILES string of the molecule is Clc1cccc(COc2ccc3ccccc3c2/C=N\NCc2c(Cl)cccc2Cl)c1. The molecule has 6 heteroatoms. The Balaban J connectivity index is 1.57. The Morgan fingerprint density at radius 3 is 2.42 bits per heavy atom. The van der Waals surface area contributed by atoms with Crippen molar-refractivity contribution in [1.82, 2.24) is 5.43 Å². The van der Waals surface area contributed by atoms with Gasteiger partial charge in [-0.05, 0) is 46.7 Å². The van der Waals surface area contributed by atoms with Crippen LogP contribution in [0.3, 0.4) is 0 Å². The van der Waals surface area contributed by atoms with Crippen molar-refractivity contribution in [3.63, 3.8) is 0 Å². The van der Waals surface area contributed by atoms with Crippen LogP contribution in [0.25, 0.3) is 10.8 Å². The molecular formula is C25H19Cl3N2O. The Labute approximate surface area is 196 Å². The molecule has 1 N–H and O–H groups in total. The Kier molecular flexibility index (Phi) is 6.98. The summed E-state index contributed by atoms with van der Waals surface area (Å²) in [5, 5.41) is 8.45. The number of rotatable bonds is 7. The molecule has 4 rings (SSSR count). The van der Waals surface area contributed by atoms with Gasteiger partial charge in [-0.2, -0.15) is 5.10 Å². The lowest BCUT2D eigenvalue weighted by atomic mass is 10.0. The van der Waals surface area contributed by atoms with Crippen molar-refractivity contribution in [2.24, 2.45) is 5.10 Å². The van der Waals surface area contributed by atoms with E-state index < -0.39 is 0 Å². The van der Waals surface area contributed by atoms with Crippen molar-refractivity contribution in [1.29, 1.82) is 0 Å². The maximum Gasteiger partial charge on any atom is 0.129 e. The van der Waals surface area contributed by atoms with Crippen LogP contribution in [0.15, 0.2) is 84.0 Å². The second-order valence-corrected chi connectivity index (χ2v) is 8.16. The van der Waals surface area contributed by atoms with Crippen LogP contribution in [-0.4, -0.2) is 6.21 Å². The molecule has 0 spiro atoms. The zero-order valence-corrected chi connectivity index (χ0v) is 18.8. The van der Waals surface area contributed by atoms with Crippen molar-refractivity contribution in [2.75, 3.05) is 0 Å². The molecule has 4 aromatic carbocycles. The average molecular weight is 470 g/mol. The van der Waals surface area contributed by atoms with E-state index in [9.17, 15) is 0 Å². The van der Waals surface area contributed by atoms with Gasteiger partial charge in [-0.25, -0.2) is 0 Å².